The van der Waals surface area contributed by atoms with Crippen molar-refractivity contribution in [3.63, 3.8) is 0 Å². The van der Waals surface area contributed by atoms with Crippen molar-refractivity contribution in [2.24, 2.45) is 0 Å². The zero-order valence-electron chi connectivity index (χ0n) is 17.1. The van der Waals surface area contributed by atoms with Crippen LogP contribution in [0.4, 0.5) is 5.69 Å². The molecule has 1 unspecified atom stereocenters. The van der Waals surface area contributed by atoms with Gasteiger partial charge in [-0.05, 0) is 56.2 Å². The van der Waals surface area contributed by atoms with Gasteiger partial charge in [-0.15, -0.1) is 10.2 Å². The highest BCUT2D eigenvalue weighted by molar-refractivity contribution is 7.13. The lowest BCUT2D eigenvalue weighted by molar-refractivity contribution is 0.0938. The van der Waals surface area contributed by atoms with E-state index in [-0.39, 0.29) is 29.5 Å². The molecule has 8 heteroatoms. The molecule has 2 N–H and O–H groups in total. The molecule has 0 aliphatic carbocycles. The molecule has 3 aromatic rings. The maximum Gasteiger partial charge on any atom is 0.286 e. The van der Waals surface area contributed by atoms with Crippen LogP contribution in [0.25, 0.3) is 0 Å². The van der Waals surface area contributed by atoms with Gasteiger partial charge in [0, 0.05) is 17.3 Å². The summed E-state index contributed by atoms with van der Waals surface area (Å²) in [5.74, 6) is 0.284. The van der Waals surface area contributed by atoms with Crippen molar-refractivity contribution in [3.05, 3.63) is 69.7 Å². The van der Waals surface area contributed by atoms with E-state index in [9.17, 15) is 9.59 Å². The number of aromatic nitrogens is 2. The van der Waals surface area contributed by atoms with E-state index in [4.69, 9.17) is 4.74 Å². The van der Waals surface area contributed by atoms with Gasteiger partial charge >= 0.3 is 0 Å². The molecule has 30 heavy (non-hydrogen) atoms. The molecular formula is C22H24N4O3S. The summed E-state index contributed by atoms with van der Waals surface area (Å²) in [4.78, 5) is 24.6. The Bertz CT molecular complexity index is 1020. The molecule has 2 aromatic carbocycles. The Kier molecular flexibility index (Phi) is 7.13. The molecule has 7 nitrogen and oxygen atoms in total. The van der Waals surface area contributed by atoms with Crippen LogP contribution < -0.4 is 15.4 Å². The number of aryl methyl sites for hydroxylation is 1. The van der Waals surface area contributed by atoms with E-state index in [1.165, 1.54) is 11.3 Å². The van der Waals surface area contributed by atoms with Gasteiger partial charge in [0.2, 0.25) is 5.01 Å². The molecule has 0 saturated heterocycles. The van der Waals surface area contributed by atoms with Gasteiger partial charge < -0.3 is 15.4 Å². The number of para-hydroxylation sites is 1. The molecule has 0 radical (unpaired) electrons. The van der Waals surface area contributed by atoms with Gasteiger partial charge in [0.05, 0.1) is 0 Å². The average Bonchev–Trinajstić information content (AvgIpc) is 3.23. The van der Waals surface area contributed by atoms with Crippen LogP contribution in [-0.2, 0) is 6.61 Å². The number of ether oxygens (including phenoxy) is 1. The molecule has 156 valence electrons. The second kappa shape index (κ2) is 9.98. The molecule has 0 aliphatic heterocycles. The van der Waals surface area contributed by atoms with Crippen LogP contribution in [0.15, 0.2) is 48.5 Å². The van der Waals surface area contributed by atoms with Crippen molar-refractivity contribution in [2.75, 3.05) is 5.32 Å². The fourth-order valence-electron chi connectivity index (χ4n) is 2.56. The smallest absolute Gasteiger partial charge is 0.286 e. The summed E-state index contributed by atoms with van der Waals surface area (Å²) >= 11 is 1.18. The third kappa shape index (κ3) is 5.64. The average molecular weight is 425 g/mol. The topological polar surface area (TPSA) is 93.2 Å². The van der Waals surface area contributed by atoms with Crippen LogP contribution in [0.1, 0.15) is 51.0 Å². The minimum atomic E-state index is -0.355. The van der Waals surface area contributed by atoms with Gasteiger partial charge in [-0.25, -0.2) is 0 Å². The Morgan fingerprint density at radius 1 is 1.07 bits per heavy atom. The highest BCUT2D eigenvalue weighted by Gasteiger charge is 2.14. The lowest BCUT2D eigenvalue weighted by atomic mass is 10.1. The molecule has 0 spiro atoms. The first-order chi connectivity index (χ1) is 14.5. The number of nitrogens with zero attached hydrogens (tertiary/aromatic N) is 2. The summed E-state index contributed by atoms with van der Waals surface area (Å²) in [6, 6.07) is 14.5. The summed E-state index contributed by atoms with van der Waals surface area (Å²) in [6.45, 7) is 6.18. The van der Waals surface area contributed by atoms with Gasteiger partial charge in [-0.1, -0.05) is 36.5 Å². The normalized spacial score (nSPS) is 11.6. The molecule has 2 amide bonds. The Morgan fingerprint density at radius 2 is 1.80 bits per heavy atom. The first-order valence-electron chi connectivity index (χ1n) is 9.69. The number of carbonyl (C=O) groups excluding carboxylic acids is 2. The predicted molar refractivity (Wildman–Crippen MR) is 117 cm³/mol. The molecule has 0 aliphatic rings. The Labute approximate surface area is 179 Å². The number of hydrogen-bond acceptors (Lipinski definition) is 6. The summed E-state index contributed by atoms with van der Waals surface area (Å²) in [5, 5.41) is 14.5. The van der Waals surface area contributed by atoms with E-state index < -0.39 is 0 Å². The standard InChI is InChI=1S/C22H24N4O3S/c1-4-15(3)23-20(27)16-9-11-17(12-10-16)24-21(28)22-26-25-19(30-22)13-29-18-8-6-5-7-14(18)2/h5-12,15H,4,13H2,1-3H3,(H,23,27)(H,24,28). The summed E-state index contributed by atoms with van der Waals surface area (Å²) in [6.07, 6.45) is 0.861. The van der Waals surface area contributed by atoms with Gasteiger partial charge in [0.15, 0.2) is 5.01 Å². The zero-order valence-corrected chi connectivity index (χ0v) is 18.0. The van der Waals surface area contributed by atoms with Crippen LogP contribution in [0, 0.1) is 6.92 Å². The molecule has 3 rings (SSSR count). The monoisotopic (exact) mass is 424 g/mol. The van der Waals surface area contributed by atoms with Crippen molar-refractivity contribution in [1.82, 2.24) is 15.5 Å². The van der Waals surface area contributed by atoms with Gasteiger partial charge in [0.1, 0.15) is 12.4 Å². The zero-order chi connectivity index (χ0) is 21.5. The number of benzene rings is 2. The van der Waals surface area contributed by atoms with E-state index in [2.05, 4.69) is 20.8 Å². The van der Waals surface area contributed by atoms with Crippen molar-refractivity contribution in [3.8, 4) is 5.75 Å². The molecule has 1 atom stereocenters. The van der Waals surface area contributed by atoms with Gasteiger partial charge in [-0.3, -0.25) is 9.59 Å². The lowest BCUT2D eigenvalue weighted by Crippen LogP contribution is -2.31. The Balaban J connectivity index is 1.56. The fraction of sp³-hybridized carbons (Fsp3) is 0.273. The van der Waals surface area contributed by atoms with Crippen LogP contribution in [0.2, 0.25) is 0 Å². The molecular weight excluding hydrogens is 400 g/mol. The van der Waals surface area contributed by atoms with Crippen LogP contribution in [0.5, 0.6) is 5.75 Å². The summed E-state index contributed by atoms with van der Waals surface area (Å²) in [5.41, 5.74) is 2.15. The number of amides is 2. The number of nitrogens with one attached hydrogen (secondary N) is 2. The molecule has 1 heterocycles. The number of carbonyl (C=O) groups is 2. The maximum absolute atomic E-state index is 12.4. The minimum absolute atomic E-state index is 0.110. The Morgan fingerprint density at radius 3 is 2.50 bits per heavy atom. The van der Waals surface area contributed by atoms with Crippen molar-refractivity contribution in [2.45, 2.75) is 39.8 Å². The third-order valence-corrected chi connectivity index (χ3v) is 5.40. The van der Waals surface area contributed by atoms with E-state index in [1.807, 2.05) is 45.0 Å². The van der Waals surface area contributed by atoms with Crippen LogP contribution in [-0.4, -0.2) is 28.1 Å². The van der Waals surface area contributed by atoms with E-state index in [0.717, 1.165) is 17.7 Å². The van der Waals surface area contributed by atoms with E-state index in [1.54, 1.807) is 24.3 Å². The Hall–Kier alpha value is -3.26. The second-order valence-corrected chi connectivity index (χ2v) is 7.93. The highest BCUT2D eigenvalue weighted by Crippen LogP contribution is 2.20. The van der Waals surface area contributed by atoms with Gasteiger partial charge in [-0.2, -0.15) is 0 Å². The largest absolute Gasteiger partial charge is 0.486 e. The number of rotatable bonds is 8. The minimum Gasteiger partial charge on any atom is -0.486 e. The quantitative estimate of drug-likeness (QED) is 0.565. The van der Waals surface area contributed by atoms with E-state index in [0.29, 0.717) is 16.3 Å². The molecule has 0 bridgehead atoms. The first kappa shape index (κ1) is 21.4. The predicted octanol–water partition coefficient (Wildman–Crippen LogP) is 4.21. The maximum atomic E-state index is 12.4. The third-order valence-electron chi connectivity index (χ3n) is 4.50. The number of hydrogen-bond donors (Lipinski definition) is 2. The highest BCUT2D eigenvalue weighted by atomic mass is 32.1. The molecule has 0 fully saturated rings. The van der Waals surface area contributed by atoms with Crippen molar-refractivity contribution < 1.29 is 14.3 Å². The summed E-state index contributed by atoms with van der Waals surface area (Å²) in [7, 11) is 0. The van der Waals surface area contributed by atoms with Crippen LogP contribution in [0.3, 0.4) is 0 Å². The van der Waals surface area contributed by atoms with Crippen molar-refractivity contribution in [1.29, 1.82) is 0 Å². The summed E-state index contributed by atoms with van der Waals surface area (Å²) < 4.78 is 5.74. The second-order valence-electron chi connectivity index (χ2n) is 6.87. The van der Waals surface area contributed by atoms with Crippen molar-refractivity contribution >= 4 is 28.8 Å². The SMILES string of the molecule is CCC(C)NC(=O)c1ccc(NC(=O)c2nnc(COc3ccccc3C)s2)cc1. The van der Waals surface area contributed by atoms with Gasteiger partial charge in [0.25, 0.3) is 11.8 Å². The lowest BCUT2D eigenvalue weighted by Gasteiger charge is -2.11. The van der Waals surface area contributed by atoms with E-state index >= 15 is 0 Å². The molecule has 0 saturated carbocycles. The van der Waals surface area contributed by atoms with Crippen LogP contribution >= 0.6 is 11.3 Å². The molecule has 1 aromatic heterocycles. The first-order valence-corrected chi connectivity index (χ1v) is 10.5. The fourth-order valence-corrected chi connectivity index (χ4v) is 3.21. The number of anilines is 1.